The van der Waals surface area contributed by atoms with Gasteiger partial charge in [0.1, 0.15) is 5.01 Å². The summed E-state index contributed by atoms with van der Waals surface area (Å²) in [6, 6.07) is 3.64. The fourth-order valence-corrected chi connectivity index (χ4v) is 2.82. The Hall–Kier alpha value is -1.30. The second-order valence-electron chi connectivity index (χ2n) is 4.05. The van der Waals surface area contributed by atoms with Crippen molar-refractivity contribution in [1.29, 1.82) is 0 Å². The van der Waals surface area contributed by atoms with Crippen molar-refractivity contribution in [3.8, 4) is 22.1 Å². The SMILES string of the molecule is COc1cc(-c2ncc(C(C)N)s2)cc(Cl)c1OC. The highest BCUT2D eigenvalue weighted by Gasteiger charge is 2.14. The maximum absolute atomic E-state index is 6.18. The van der Waals surface area contributed by atoms with Gasteiger partial charge in [0, 0.05) is 22.7 Å². The quantitative estimate of drug-likeness (QED) is 0.938. The number of ether oxygens (including phenoxy) is 2. The average molecular weight is 299 g/mol. The fraction of sp³-hybridized carbons (Fsp3) is 0.308. The Morgan fingerprint density at radius 1 is 1.32 bits per heavy atom. The van der Waals surface area contributed by atoms with Crippen LogP contribution < -0.4 is 15.2 Å². The molecule has 6 heteroatoms. The van der Waals surface area contributed by atoms with Crippen LogP contribution in [-0.4, -0.2) is 19.2 Å². The maximum atomic E-state index is 6.18. The molecule has 0 amide bonds. The third-order valence-corrected chi connectivity index (χ3v) is 4.18. The highest BCUT2D eigenvalue weighted by atomic mass is 35.5. The molecule has 0 fully saturated rings. The summed E-state index contributed by atoms with van der Waals surface area (Å²) >= 11 is 7.72. The summed E-state index contributed by atoms with van der Waals surface area (Å²) in [6.45, 7) is 1.93. The van der Waals surface area contributed by atoms with E-state index in [0.29, 0.717) is 16.5 Å². The molecule has 1 heterocycles. The monoisotopic (exact) mass is 298 g/mol. The molecule has 2 aromatic rings. The van der Waals surface area contributed by atoms with E-state index in [0.717, 1.165) is 15.4 Å². The number of hydrogen-bond acceptors (Lipinski definition) is 5. The van der Waals surface area contributed by atoms with Gasteiger partial charge in [0.25, 0.3) is 0 Å². The zero-order valence-electron chi connectivity index (χ0n) is 10.9. The third kappa shape index (κ3) is 2.83. The van der Waals surface area contributed by atoms with E-state index in [4.69, 9.17) is 26.8 Å². The molecular weight excluding hydrogens is 284 g/mol. The molecular formula is C13H15ClN2O2S. The minimum Gasteiger partial charge on any atom is -0.493 e. The van der Waals surface area contributed by atoms with Crippen molar-refractivity contribution in [2.45, 2.75) is 13.0 Å². The smallest absolute Gasteiger partial charge is 0.179 e. The Morgan fingerprint density at radius 3 is 2.58 bits per heavy atom. The first-order valence-corrected chi connectivity index (χ1v) is 6.89. The molecule has 0 aliphatic heterocycles. The molecule has 1 aromatic carbocycles. The summed E-state index contributed by atoms with van der Waals surface area (Å²) in [5, 5.41) is 1.35. The summed E-state index contributed by atoms with van der Waals surface area (Å²) < 4.78 is 10.5. The minimum absolute atomic E-state index is 0.0261. The number of methoxy groups -OCH3 is 2. The molecule has 0 radical (unpaired) electrons. The molecule has 0 bridgehead atoms. The normalized spacial score (nSPS) is 12.3. The van der Waals surface area contributed by atoms with E-state index in [2.05, 4.69) is 4.98 Å². The third-order valence-electron chi connectivity index (χ3n) is 2.65. The molecule has 0 saturated heterocycles. The molecule has 2 rings (SSSR count). The van der Waals surface area contributed by atoms with Crippen molar-refractivity contribution in [3.63, 3.8) is 0 Å². The van der Waals surface area contributed by atoms with Crippen LogP contribution in [0.15, 0.2) is 18.3 Å². The fourth-order valence-electron chi connectivity index (χ4n) is 1.67. The number of rotatable bonds is 4. The van der Waals surface area contributed by atoms with Gasteiger partial charge in [0.05, 0.1) is 19.2 Å². The number of halogens is 1. The number of benzene rings is 1. The van der Waals surface area contributed by atoms with E-state index in [1.165, 1.54) is 0 Å². The first-order valence-electron chi connectivity index (χ1n) is 5.70. The van der Waals surface area contributed by atoms with Crippen LogP contribution >= 0.6 is 22.9 Å². The molecule has 102 valence electrons. The molecule has 4 nitrogen and oxygen atoms in total. The molecule has 1 unspecified atom stereocenters. The number of nitrogens with two attached hydrogens (primary N) is 1. The largest absolute Gasteiger partial charge is 0.493 e. The van der Waals surface area contributed by atoms with Crippen molar-refractivity contribution in [1.82, 2.24) is 4.98 Å². The Labute approximate surface area is 121 Å². The van der Waals surface area contributed by atoms with Gasteiger partial charge in [-0.25, -0.2) is 4.98 Å². The summed E-state index contributed by atoms with van der Waals surface area (Å²) in [5.41, 5.74) is 6.72. The summed E-state index contributed by atoms with van der Waals surface area (Å²) in [6.07, 6.45) is 1.79. The highest BCUT2D eigenvalue weighted by Crippen LogP contribution is 2.40. The van der Waals surface area contributed by atoms with E-state index < -0.39 is 0 Å². The molecule has 1 atom stereocenters. The van der Waals surface area contributed by atoms with Gasteiger partial charge in [0.15, 0.2) is 11.5 Å². The van der Waals surface area contributed by atoms with Crippen LogP contribution in [0.2, 0.25) is 5.02 Å². The van der Waals surface area contributed by atoms with Crippen molar-refractivity contribution in [3.05, 3.63) is 28.2 Å². The zero-order valence-corrected chi connectivity index (χ0v) is 12.5. The van der Waals surface area contributed by atoms with Gasteiger partial charge in [0.2, 0.25) is 0 Å². The second-order valence-corrected chi connectivity index (χ2v) is 5.52. The van der Waals surface area contributed by atoms with E-state index in [1.54, 1.807) is 31.8 Å². The Morgan fingerprint density at radius 2 is 2.05 bits per heavy atom. The predicted octanol–water partition coefficient (Wildman–Crippen LogP) is 3.50. The van der Waals surface area contributed by atoms with E-state index in [-0.39, 0.29) is 6.04 Å². The predicted molar refractivity (Wildman–Crippen MR) is 78.3 cm³/mol. The highest BCUT2D eigenvalue weighted by molar-refractivity contribution is 7.15. The standard InChI is InChI=1S/C13H15ClN2O2S/c1-7(15)11-6-16-13(19-11)8-4-9(14)12(18-3)10(5-8)17-2/h4-7H,15H2,1-3H3. The molecule has 19 heavy (non-hydrogen) atoms. The summed E-state index contributed by atoms with van der Waals surface area (Å²) in [7, 11) is 3.13. The molecule has 0 aliphatic rings. The van der Waals surface area contributed by atoms with E-state index in [9.17, 15) is 0 Å². The van der Waals surface area contributed by atoms with Crippen molar-refractivity contribution in [2.24, 2.45) is 5.73 Å². The lowest BCUT2D eigenvalue weighted by Gasteiger charge is -2.10. The van der Waals surface area contributed by atoms with Crippen molar-refractivity contribution in [2.75, 3.05) is 14.2 Å². The summed E-state index contributed by atoms with van der Waals surface area (Å²) in [5.74, 6) is 1.11. The van der Waals surface area contributed by atoms with E-state index >= 15 is 0 Å². The van der Waals surface area contributed by atoms with Crippen LogP contribution in [0.25, 0.3) is 10.6 Å². The van der Waals surface area contributed by atoms with Crippen LogP contribution in [0.5, 0.6) is 11.5 Å². The van der Waals surface area contributed by atoms with Gasteiger partial charge in [-0.3, -0.25) is 0 Å². The van der Waals surface area contributed by atoms with Crippen LogP contribution in [0.1, 0.15) is 17.8 Å². The van der Waals surface area contributed by atoms with Gasteiger partial charge in [-0.2, -0.15) is 0 Å². The first-order chi connectivity index (χ1) is 9.06. The number of hydrogen-bond donors (Lipinski definition) is 1. The molecule has 0 spiro atoms. The lowest BCUT2D eigenvalue weighted by molar-refractivity contribution is 0.355. The molecule has 2 N–H and O–H groups in total. The van der Waals surface area contributed by atoms with Crippen LogP contribution in [0.4, 0.5) is 0 Å². The van der Waals surface area contributed by atoms with Gasteiger partial charge >= 0.3 is 0 Å². The lowest BCUT2D eigenvalue weighted by Crippen LogP contribution is -2.01. The maximum Gasteiger partial charge on any atom is 0.179 e. The number of thiazole rings is 1. The molecule has 0 saturated carbocycles. The first kappa shape index (κ1) is 14.1. The second kappa shape index (κ2) is 5.77. The zero-order chi connectivity index (χ0) is 14.0. The Kier molecular flexibility index (Phi) is 4.29. The van der Waals surface area contributed by atoms with Gasteiger partial charge in [-0.05, 0) is 19.1 Å². The number of nitrogens with zero attached hydrogens (tertiary/aromatic N) is 1. The van der Waals surface area contributed by atoms with E-state index in [1.807, 2.05) is 19.1 Å². The molecule has 1 aromatic heterocycles. The lowest BCUT2D eigenvalue weighted by atomic mass is 10.2. The van der Waals surface area contributed by atoms with Crippen LogP contribution in [-0.2, 0) is 0 Å². The summed E-state index contributed by atoms with van der Waals surface area (Å²) in [4.78, 5) is 5.39. The van der Waals surface area contributed by atoms with Crippen LogP contribution in [0, 0.1) is 0 Å². The Bertz CT molecular complexity index is 584. The topological polar surface area (TPSA) is 57.4 Å². The van der Waals surface area contributed by atoms with Crippen LogP contribution in [0.3, 0.4) is 0 Å². The minimum atomic E-state index is -0.0261. The number of aromatic nitrogens is 1. The van der Waals surface area contributed by atoms with Gasteiger partial charge in [-0.15, -0.1) is 11.3 Å². The van der Waals surface area contributed by atoms with Gasteiger partial charge < -0.3 is 15.2 Å². The average Bonchev–Trinajstić information content (AvgIpc) is 2.87. The molecule has 0 aliphatic carbocycles. The van der Waals surface area contributed by atoms with Crippen molar-refractivity contribution >= 4 is 22.9 Å². The van der Waals surface area contributed by atoms with Gasteiger partial charge in [-0.1, -0.05) is 11.6 Å². The Balaban J connectivity index is 2.47. The van der Waals surface area contributed by atoms with Crippen molar-refractivity contribution < 1.29 is 9.47 Å².